The van der Waals surface area contributed by atoms with E-state index < -0.39 is 0 Å². The van der Waals surface area contributed by atoms with Crippen LogP contribution in [-0.4, -0.2) is 23.8 Å². The Morgan fingerprint density at radius 1 is 1.23 bits per heavy atom. The molecule has 0 fully saturated rings. The molecular weight excluding hydrogens is 162 g/mol. The summed E-state index contributed by atoms with van der Waals surface area (Å²) in [6, 6.07) is 0.808. The number of rotatable bonds is 7. The molecule has 0 saturated carbocycles. The molecule has 0 aliphatic heterocycles. The number of hydrogen-bond acceptors (Lipinski definition) is 2. The van der Waals surface area contributed by atoms with Crippen molar-refractivity contribution >= 4 is 0 Å². The van der Waals surface area contributed by atoms with Gasteiger partial charge in [-0.3, -0.25) is 0 Å². The summed E-state index contributed by atoms with van der Waals surface area (Å²) in [4.78, 5) is 0. The van der Waals surface area contributed by atoms with E-state index in [0.717, 1.165) is 6.42 Å². The first-order valence-electron chi connectivity index (χ1n) is 5.47. The molecule has 0 rings (SSSR count). The minimum Gasteiger partial charge on any atom is -0.395 e. The van der Waals surface area contributed by atoms with E-state index in [2.05, 4.69) is 33.0 Å². The number of aliphatic hydroxyl groups excluding tert-OH is 1. The van der Waals surface area contributed by atoms with Gasteiger partial charge in [-0.05, 0) is 25.7 Å². The number of nitrogens with one attached hydrogen (secondary N) is 1. The van der Waals surface area contributed by atoms with E-state index in [1.165, 1.54) is 12.8 Å². The van der Waals surface area contributed by atoms with Gasteiger partial charge < -0.3 is 10.4 Å². The maximum atomic E-state index is 9.13. The molecule has 0 unspecified atom stereocenters. The second-order valence-electron chi connectivity index (χ2n) is 4.37. The first-order valence-corrected chi connectivity index (χ1v) is 5.47. The van der Waals surface area contributed by atoms with Crippen molar-refractivity contribution in [2.75, 3.05) is 6.61 Å². The summed E-state index contributed by atoms with van der Waals surface area (Å²) < 4.78 is 0. The van der Waals surface area contributed by atoms with Crippen LogP contribution in [0.15, 0.2) is 0 Å². The van der Waals surface area contributed by atoms with Crippen LogP contribution in [0.2, 0.25) is 0 Å². The highest BCUT2D eigenvalue weighted by Gasteiger charge is 2.11. The zero-order valence-corrected chi connectivity index (χ0v) is 9.51. The lowest BCUT2D eigenvalue weighted by molar-refractivity contribution is 0.213. The Morgan fingerprint density at radius 3 is 2.23 bits per heavy atom. The number of hydrogen-bond donors (Lipinski definition) is 2. The molecule has 80 valence electrons. The smallest absolute Gasteiger partial charge is 0.0584 e. The second-order valence-corrected chi connectivity index (χ2v) is 4.37. The first kappa shape index (κ1) is 12.9. The van der Waals surface area contributed by atoms with Gasteiger partial charge in [0.1, 0.15) is 0 Å². The number of aliphatic hydroxyl groups is 1. The Hall–Kier alpha value is -0.0800. The van der Waals surface area contributed by atoms with Gasteiger partial charge >= 0.3 is 0 Å². The maximum absolute atomic E-state index is 9.13. The lowest BCUT2D eigenvalue weighted by Gasteiger charge is -2.22. The normalized spacial score (nSPS) is 16.2. The van der Waals surface area contributed by atoms with Crippen LogP contribution in [0, 0.1) is 5.92 Å². The average molecular weight is 187 g/mol. The summed E-state index contributed by atoms with van der Waals surface area (Å²) in [5.74, 6) is 0.651. The van der Waals surface area contributed by atoms with Crippen molar-refractivity contribution < 1.29 is 5.11 Å². The van der Waals surface area contributed by atoms with E-state index in [0.29, 0.717) is 12.0 Å². The largest absolute Gasteiger partial charge is 0.395 e. The minimum atomic E-state index is 0.256. The quantitative estimate of drug-likeness (QED) is 0.640. The van der Waals surface area contributed by atoms with Crippen molar-refractivity contribution in [3.63, 3.8) is 0 Å². The lowest BCUT2D eigenvalue weighted by Crippen LogP contribution is -2.39. The van der Waals surface area contributed by atoms with Crippen molar-refractivity contribution in [3.05, 3.63) is 0 Å². The fourth-order valence-corrected chi connectivity index (χ4v) is 1.68. The third-order valence-corrected chi connectivity index (χ3v) is 2.22. The van der Waals surface area contributed by atoms with E-state index in [9.17, 15) is 0 Å². The monoisotopic (exact) mass is 187 g/mol. The van der Waals surface area contributed by atoms with Crippen molar-refractivity contribution in [1.29, 1.82) is 0 Å². The molecule has 0 aromatic rings. The highest BCUT2D eigenvalue weighted by molar-refractivity contribution is 4.71. The van der Waals surface area contributed by atoms with Gasteiger partial charge in [-0.15, -0.1) is 0 Å². The predicted octanol–water partition coefficient (Wildman–Crippen LogP) is 2.17. The molecule has 13 heavy (non-hydrogen) atoms. The molecule has 0 radical (unpaired) electrons. The van der Waals surface area contributed by atoms with Crippen LogP contribution in [0.5, 0.6) is 0 Å². The molecule has 0 amide bonds. The van der Waals surface area contributed by atoms with Gasteiger partial charge in [-0.2, -0.15) is 0 Å². The molecule has 0 spiro atoms. The van der Waals surface area contributed by atoms with Crippen molar-refractivity contribution in [2.24, 2.45) is 5.92 Å². The maximum Gasteiger partial charge on any atom is 0.0584 e. The summed E-state index contributed by atoms with van der Waals surface area (Å²) in [6.07, 6.45) is 3.45. The van der Waals surface area contributed by atoms with E-state index in [1.54, 1.807) is 0 Å². The van der Waals surface area contributed by atoms with Crippen LogP contribution in [0.1, 0.15) is 47.0 Å². The highest BCUT2D eigenvalue weighted by atomic mass is 16.3. The van der Waals surface area contributed by atoms with E-state index in [-0.39, 0.29) is 12.6 Å². The minimum absolute atomic E-state index is 0.256. The van der Waals surface area contributed by atoms with Gasteiger partial charge in [-0.1, -0.05) is 27.2 Å². The van der Waals surface area contributed by atoms with Crippen LogP contribution < -0.4 is 5.32 Å². The molecule has 0 aliphatic rings. The van der Waals surface area contributed by atoms with Crippen LogP contribution in [0.3, 0.4) is 0 Å². The van der Waals surface area contributed by atoms with Gasteiger partial charge in [0, 0.05) is 12.1 Å². The Balaban J connectivity index is 3.69. The first-order chi connectivity index (χ1) is 6.10. The molecule has 0 saturated heterocycles. The SMILES string of the molecule is CCC[C@H](C)N[C@@H](CO)CC(C)C. The molecule has 2 atom stereocenters. The molecule has 2 heteroatoms. The van der Waals surface area contributed by atoms with Crippen LogP contribution in [0.25, 0.3) is 0 Å². The topological polar surface area (TPSA) is 32.3 Å². The molecule has 0 aromatic carbocycles. The van der Waals surface area contributed by atoms with E-state index in [1.807, 2.05) is 0 Å². The van der Waals surface area contributed by atoms with Gasteiger partial charge in [0.15, 0.2) is 0 Å². The summed E-state index contributed by atoms with van der Waals surface area (Å²) in [7, 11) is 0. The van der Waals surface area contributed by atoms with Crippen molar-refractivity contribution in [3.8, 4) is 0 Å². The molecular formula is C11H25NO. The Morgan fingerprint density at radius 2 is 1.85 bits per heavy atom. The van der Waals surface area contributed by atoms with Crippen molar-refractivity contribution in [1.82, 2.24) is 5.32 Å². The van der Waals surface area contributed by atoms with Crippen LogP contribution in [-0.2, 0) is 0 Å². The summed E-state index contributed by atoms with van der Waals surface area (Å²) in [6.45, 7) is 9.01. The fourth-order valence-electron chi connectivity index (χ4n) is 1.68. The molecule has 2 nitrogen and oxygen atoms in total. The van der Waals surface area contributed by atoms with Gasteiger partial charge in [-0.25, -0.2) is 0 Å². The zero-order valence-electron chi connectivity index (χ0n) is 9.51. The van der Waals surface area contributed by atoms with Crippen molar-refractivity contribution in [2.45, 2.75) is 59.0 Å². The highest BCUT2D eigenvalue weighted by Crippen LogP contribution is 2.06. The summed E-state index contributed by atoms with van der Waals surface area (Å²) >= 11 is 0. The third kappa shape index (κ3) is 7.03. The average Bonchev–Trinajstić information content (AvgIpc) is 2.02. The zero-order chi connectivity index (χ0) is 10.3. The lowest BCUT2D eigenvalue weighted by atomic mass is 10.0. The predicted molar refractivity (Wildman–Crippen MR) is 57.8 cm³/mol. The summed E-state index contributed by atoms with van der Waals surface area (Å²) in [5, 5.41) is 12.6. The molecule has 2 N–H and O–H groups in total. The fraction of sp³-hybridized carbons (Fsp3) is 1.00. The van der Waals surface area contributed by atoms with Gasteiger partial charge in [0.05, 0.1) is 6.61 Å². The second kappa shape index (κ2) is 7.34. The Bertz CT molecular complexity index is 115. The van der Waals surface area contributed by atoms with Crippen LogP contribution in [0.4, 0.5) is 0 Å². The van der Waals surface area contributed by atoms with E-state index in [4.69, 9.17) is 5.11 Å². The Labute approximate surface area is 82.7 Å². The van der Waals surface area contributed by atoms with Gasteiger partial charge in [0.25, 0.3) is 0 Å². The molecule has 0 aliphatic carbocycles. The van der Waals surface area contributed by atoms with Crippen LogP contribution >= 0.6 is 0 Å². The standard InChI is InChI=1S/C11H25NO/c1-5-6-10(4)12-11(8-13)7-9(2)3/h9-13H,5-8H2,1-4H3/t10-,11+/m0/s1. The molecule has 0 bridgehead atoms. The van der Waals surface area contributed by atoms with Gasteiger partial charge in [0.2, 0.25) is 0 Å². The molecule has 0 aromatic heterocycles. The summed E-state index contributed by atoms with van der Waals surface area (Å²) in [5.41, 5.74) is 0. The third-order valence-electron chi connectivity index (χ3n) is 2.22. The van der Waals surface area contributed by atoms with E-state index >= 15 is 0 Å². The molecule has 0 heterocycles. The Kier molecular flexibility index (Phi) is 7.29.